The summed E-state index contributed by atoms with van der Waals surface area (Å²) in [5.74, 6) is 0.801. The summed E-state index contributed by atoms with van der Waals surface area (Å²) in [5, 5.41) is 0. The van der Waals surface area contributed by atoms with E-state index in [1.807, 2.05) is 0 Å². The van der Waals surface area contributed by atoms with Gasteiger partial charge in [-0.2, -0.15) is 0 Å². The molecule has 2 fully saturated rings. The van der Waals surface area contributed by atoms with E-state index in [2.05, 4.69) is 20.8 Å². The van der Waals surface area contributed by atoms with Gasteiger partial charge in [-0.05, 0) is 37.0 Å². The van der Waals surface area contributed by atoms with Crippen LogP contribution in [0.25, 0.3) is 0 Å². The molecule has 1 aliphatic carbocycles. The average Bonchev–Trinajstić information content (AvgIpc) is 2.87. The van der Waals surface area contributed by atoms with Crippen LogP contribution >= 0.6 is 0 Å². The van der Waals surface area contributed by atoms with Crippen LogP contribution < -0.4 is 0 Å². The summed E-state index contributed by atoms with van der Waals surface area (Å²) in [6, 6.07) is 0. The monoisotopic (exact) mass is 226 g/mol. The topological polar surface area (TPSA) is 38.8 Å². The number of carbonyl (C=O) groups is 1. The van der Waals surface area contributed by atoms with Crippen molar-refractivity contribution >= 4 is 6.47 Å². The first kappa shape index (κ1) is 11.9. The van der Waals surface area contributed by atoms with E-state index >= 15 is 0 Å². The fourth-order valence-electron chi connectivity index (χ4n) is 2.97. The van der Waals surface area contributed by atoms with Crippen molar-refractivity contribution in [3.05, 3.63) is 0 Å². The molecule has 0 aromatic heterocycles. The fourth-order valence-corrected chi connectivity index (χ4v) is 2.97. The molecule has 92 valence electrons. The molecule has 3 heteroatoms. The highest BCUT2D eigenvalue weighted by Crippen LogP contribution is 2.52. The van der Waals surface area contributed by atoms with Crippen molar-refractivity contribution in [2.45, 2.75) is 58.2 Å². The molecule has 1 saturated carbocycles. The normalized spacial score (nSPS) is 38.4. The third kappa shape index (κ3) is 2.24. The number of carbonyl (C=O) groups excluding carboxylic acids is 1. The zero-order chi connectivity index (χ0) is 11.8. The standard InChI is InChI=1S/C13H22O3/c1-12(2,3)10-4-6-13(7-5-10)11(16-13)8-15-9-14/h9-11H,4-8H2,1-3H3/t10?,11-,13?/m0/s1. The smallest absolute Gasteiger partial charge is 0.293 e. The zero-order valence-corrected chi connectivity index (χ0v) is 10.5. The molecule has 3 nitrogen and oxygen atoms in total. The van der Waals surface area contributed by atoms with Crippen LogP contribution in [0.5, 0.6) is 0 Å². The Morgan fingerprint density at radius 2 is 2.00 bits per heavy atom. The van der Waals surface area contributed by atoms with Gasteiger partial charge in [-0.1, -0.05) is 20.8 Å². The molecule has 0 N–H and O–H groups in total. The second-order valence-corrected chi connectivity index (χ2v) is 6.24. The lowest BCUT2D eigenvalue weighted by Crippen LogP contribution is -2.31. The van der Waals surface area contributed by atoms with Crippen LogP contribution in [0.15, 0.2) is 0 Å². The SMILES string of the molecule is CC(C)(C)C1CCC2(CC1)O[C@H]2COC=O. The van der Waals surface area contributed by atoms with E-state index in [1.165, 1.54) is 12.8 Å². The van der Waals surface area contributed by atoms with Crippen molar-refractivity contribution in [3.63, 3.8) is 0 Å². The van der Waals surface area contributed by atoms with Gasteiger partial charge in [0.15, 0.2) is 0 Å². The lowest BCUT2D eigenvalue weighted by Gasteiger charge is -2.36. The van der Waals surface area contributed by atoms with E-state index in [0.717, 1.165) is 18.8 Å². The molecule has 2 aliphatic rings. The van der Waals surface area contributed by atoms with Crippen molar-refractivity contribution < 1.29 is 14.3 Å². The molecule has 2 rings (SSSR count). The van der Waals surface area contributed by atoms with Gasteiger partial charge in [0.25, 0.3) is 6.47 Å². The van der Waals surface area contributed by atoms with Gasteiger partial charge in [-0.3, -0.25) is 4.79 Å². The summed E-state index contributed by atoms with van der Waals surface area (Å²) >= 11 is 0. The van der Waals surface area contributed by atoms with Gasteiger partial charge in [0, 0.05) is 0 Å². The van der Waals surface area contributed by atoms with E-state index in [4.69, 9.17) is 9.47 Å². The highest BCUT2D eigenvalue weighted by atomic mass is 16.6. The molecule has 1 saturated heterocycles. The Morgan fingerprint density at radius 3 is 2.50 bits per heavy atom. The third-order valence-electron chi connectivity index (χ3n) is 4.28. The second-order valence-electron chi connectivity index (χ2n) is 6.24. The summed E-state index contributed by atoms with van der Waals surface area (Å²) in [6.07, 6.45) is 4.89. The molecule has 16 heavy (non-hydrogen) atoms. The van der Waals surface area contributed by atoms with Gasteiger partial charge in [0.05, 0.1) is 5.60 Å². The van der Waals surface area contributed by atoms with Crippen LogP contribution in [0.3, 0.4) is 0 Å². The largest absolute Gasteiger partial charge is 0.465 e. The highest BCUT2D eigenvalue weighted by Gasteiger charge is 2.58. The molecule has 1 heterocycles. The van der Waals surface area contributed by atoms with Gasteiger partial charge >= 0.3 is 0 Å². The zero-order valence-electron chi connectivity index (χ0n) is 10.5. The Balaban J connectivity index is 1.81. The first-order chi connectivity index (χ1) is 7.48. The number of ether oxygens (including phenoxy) is 2. The lowest BCUT2D eigenvalue weighted by molar-refractivity contribution is -0.129. The summed E-state index contributed by atoms with van der Waals surface area (Å²) in [4.78, 5) is 10.1. The Bertz CT molecular complexity index is 259. The van der Waals surface area contributed by atoms with Gasteiger partial charge in [-0.25, -0.2) is 0 Å². The molecule has 0 aromatic carbocycles. The number of epoxide rings is 1. The summed E-state index contributed by atoms with van der Waals surface area (Å²) in [6.45, 7) is 7.89. The second kappa shape index (κ2) is 4.02. The molecule has 0 radical (unpaired) electrons. The molecule has 1 aliphatic heterocycles. The first-order valence-electron chi connectivity index (χ1n) is 6.21. The van der Waals surface area contributed by atoms with Crippen LogP contribution in [-0.2, 0) is 14.3 Å². The predicted octanol–water partition coefficient (Wildman–Crippen LogP) is 2.53. The maximum absolute atomic E-state index is 10.1. The molecule has 0 unspecified atom stereocenters. The lowest BCUT2D eigenvalue weighted by atomic mass is 9.69. The van der Waals surface area contributed by atoms with Crippen LogP contribution in [0.2, 0.25) is 0 Å². The summed E-state index contributed by atoms with van der Waals surface area (Å²) < 4.78 is 10.5. The van der Waals surface area contributed by atoms with Crippen LogP contribution in [0, 0.1) is 11.3 Å². The van der Waals surface area contributed by atoms with E-state index in [-0.39, 0.29) is 11.7 Å². The minimum absolute atomic E-state index is 0.0603. The van der Waals surface area contributed by atoms with E-state index in [9.17, 15) is 4.79 Å². The van der Waals surface area contributed by atoms with Gasteiger partial charge in [0.2, 0.25) is 0 Å². The Morgan fingerprint density at radius 1 is 1.38 bits per heavy atom. The molecule has 0 amide bonds. The molecule has 1 spiro atoms. The quantitative estimate of drug-likeness (QED) is 0.548. The van der Waals surface area contributed by atoms with Crippen LogP contribution in [0.1, 0.15) is 46.5 Å². The van der Waals surface area contributed by atoms with Crippen molar-refractivity contribution in [2.24, 2.45) is 11.3 Å². The fraction of sp³-hybridized carbons (Fsp3) is 0.923. The molecule has 0 bridgehead atoms. The van der Waals surface area contributed by atoms with E-state index < -0.39 is 0 Å². The Kier molecular flexibility index (Phi) is 2.99. The first-order valence-corrected chi connectivity index (χ1v) is 6.21. The van der Waals surface area contributed by atoms with Crippen molar-refractivity contribution in [3.8, 4) is 0 Å². The van der Waals surface area contributed by atoms with Crippen LogP contribution in [0.4, 0.5) is 0 Å². The maximum atomic E-state index is 10.1. The molecule has 0 aromatic rings. The van der Waals surface area contributed by atoms with Crippen LogP contribution in [-0.4, -0.2) is 24.8 Å². The van der Waals surface area contributed by atoms with Gasteiger partial charge in [0.1, 0.15) is 12.7 Å². The van der Waals surface area contributed by atoms with Crippen molar-refractivity contribution in [2.75, 3.05) is 6.61 Å². The molecule has 1 atom stereocenters. The van der Waals surface area contributed by atoms with E-state index in [1.54, 1.807) is 0 Å². The maximum Gasteiger partial charge on any atom is 0.293 e. The average molecular weight is 226 g/mol. The Hall–Kier alpha value is -0.570. The minimum atomic E-state index is 0.0603. The highest BCUT2D eigenvalue weighted by molar-refractivity contribution is 5.37. The predicted molar refractivity (Wildman–Crippen MR) is 61.0 cm³/mol. The summed E-state index contributed by atoms with van der Waals surface area (Å²) in [7, 11) is 0. The van der Waals surface area contributed by atoms with E-state index in [0.29, 0.717) is 18.5 Å². The van der Waals surface area contributed by atoms with Crippen molar-refractivity contribution in [1.29, 1.82) is 0 Å². The van der Waals surface area contributed by atoms with Gasteiger partial charge in [-0.15, -0.1) is 0 Å². The number of hydrogen-bond acceptors (Lipinski definition) is 3. The minimum Gasteiger partial charge on any atom is -0.465 e. The third-order valence-corrected chi connectivity index (χ3v) is 4.28. The number of rotatable bonds is 3. The Labute approximate surface area is 97.5 Å². The van der Waals surface area contributed by atoms with Crippen molar-refractivity contribution in [1.82, 2.24) is 0 Å². The molecular formula is C13H22O3. The number of hydrogen-bond donors (Lipinski definition) is 0. The van der Waals surface area contributed by atoms with Gasteiger partial charge < -0.3 is 9.47 Å². The molecular weight excluding hydrogens is 204 g/mol. The summed E-state index contributed by atoms with van der Waals surface area (Å²) in [5.41, 5.74) is 0.468.